The lowest BCUT2D eigenvalue weighted by Gasteiger charge is -2.41. The number of likely N-dealkylation sites (tertiary alicyclic amines) is 1. The van der Waals surface area contributed by atoms with E-state index in [1.165, 1.54) is 0 Å². The highest BCUT2D eigenvalue weighted by atomic mass is 16.3. The van der Waals surface area contributed by atoms with Gasteiger partial charge in [0.15, 0.2) is 5.96 Å². The van der Waals surface area contributed by atoms with Gasteiger partial charge in [0.2, 0.25) is 11.8 Å². The van der Waals surface area contributed by atoms with Crippen molar-refractivity contribution >= 4 is 23.8 Å². The largest absolute Gasteiger partial charge is 0.508 e. The minimum atomic E-state index is -0.804. The van der Waals surface area contributed by atoms with Gasteiger partial charge in [0.25, 0.3) is 0 Å². The molecule has 7 N–H and O–H groups in total. The van der Waals surface area contributed by atoms with Gasteiger partial charge in [-0.15, -0.1) is 0 Å². The fraction of sp³-hybridized carbons (Fsp3) is 0.515. The van der Waals surface area contributed by atoms with Crippen molar-refractivity contribution in [2.45, 2.75) is 72.0 Å². The summed E-state index contributed by atoms with van der Waals surface area (Å²) in [6, 6.07) is 14.4. The summed E-state index contributed by atoms with van der Waals surface area (Å²) >= 11 is 0. The molecule has 0 aromatic heterocycles. The number of guanidine groups is 1. The number of nitrogens with one attached hydrogen (secondary N) is 4. The molecule has 1 saturated heterocycles. The molecule has 11 nitrogen and oxygen atoms in total. The van der Waals surface area contributed by atoms with Gasteiger partial charge in [-0.3, -0.25) is 14.5 Å². The summed E-state index contributed by atoms with van der Waals surface area (Å²) in [6.45, 7) is 11.2. The second-order valence-electron chi connectivity index (χ2n) is 12.3. The predicted molar refractivity (Wildman–Crippen MR) is 173 cm³/mol. The first-order chi connectivity index (χ1) is 21.0. The highest BCUT2D eigenvalue weighted by Gasteiger charge is 2.35. The zero-order valence-corrected chi connectivity index (χ0v) is 26.4. The molecule has 1 heterocycles. The number of rotatable bonds is 12. The number of phenolic OH excluding ortho intramolecular Hbond substituents is 1. The van der Waals surface area contributed by atoms with Crippen LogP contribution in [0.4, 0.5) is 4.79 Å². The average molecular weight is 608 g/mol. The third-order valence-corrected chi connectivity index (χ3v) is 8.04. The van der Waals surface area contributed by atoms with Crippen LogP contribution in [0.15, 0.2) is 59.6 Å². The van der Waals surface area contributed by atoms with Gasteiger partial charge in [0, 0.05) is 19.6 Å². The number of hydrogen-bond acceptors (Lipinski definition) is 5. The minimum Gasteiger partial charge on any atom is -0.508 e. The summed E-state index contributed by atoms with van der Waals surface area (Å²) in [5.41, 5.74) is 7.73. The highest BCUT2D eigenvalue weighted by Crippen LogP contribution is 2.36. The van der Waals surface area contributed by atoms with E-state index in [2.05, 4.69) is 51.9 Å². The molecular weight excluding hydrogens is 558 g/mol. The molecule has 1 fully saturated rings. The van der Waals surface area contributed by atoms with Crippen molar-refractivity contribution in [3.63, 3.8) is 0 Å². The number of benzene rings is 2. The van der Waals surface area contributed by atoms with E-state index in [0.29, 0.717) is 31.8 Å². The van der Waals surface area contributed by atoms with Gasteiger partial charge >= 0.3 is 6.03 Å². The summed E-state index contributed by atoms with van der Waals surface area (Å²) in [7, 11) is 0. The number of urea groups is 1. The van der Waals surface area contributed by atoms with Crippen LogP contribution in [0.3, 0.4) is 0 Å². The summed E-state index contributed by atoms with van der Waals surface area (Å²) in [5, 5.41) is 21.0. The van der Waals surface area contributed by atoms with Crippen molar-refractivity contribution in [2.75, 3.05) is 26.2 Å². The van der Waals surface area contributed by atoms with E-state index in [1.54, 1.807) is 31.2 Å². The second-order valence-corrected chi connectivity index (χ2v) is 12.3. The number of piperidine rings is 1. The molecular formula is C33H49N7O4. The number of nitrogens with zero attached hydrogens (tertiary/aromatic N) is 2. The SMILES string of the molecule is CCNC(=O)/N=C(/N)NCCC[C@@H](NC(=O)C(c1ccccc1)N1CCC(C(C)(C)C)CC1)C(=O)NCc1ccc(O)cc1. The van der Waals surface area contributed by atoms with Crippen molar-refractivity contribution in [1.82, 2.24) is 26.2 Å². The van der Waals surface area contributed by atoms with Gasteiger partial charge in [-0.2, -0.15) is 4.99 Å². The van der Waals surface area contributed by atoms with Gasteiger partial charge in [-0.25, -0.2) is 4.79 Å². The van der Waals surface area contributed by atoms with Crippen LogP contribution in [-0.2, 0) is 16.1 Å². The number of carbonyl (C=O) groups is 3. The molecule has 240 valence electrons. The van der Waals surface area contributed by atoms with E-state index in [1.807, 2.05) is 30.3 Å². The Balaban J connectivity index is 1.72. The molecule has 1 unspecified atom stereocenters. The van der Waals surface area contributed by atoms with Crippen LogP contribution in [0.1, 0.15) is 70.5 Å². The maximum absolute atomic E-state index is 14.0. The number of hydrogen-bond donors (Lipinski definition) is 6. The van der Waals surface area contributed by atoms with E-state index in [4.69, 9.17) is 5.73 Å². The molecule has 44 heavy (non-hydrogen) atoms. The fourth-order valence-corrected chi connectivity index (χ4v) is 5.50. The van der Waals surface area contributed by atoms with Gasteiger partial charge in [-0.1, -0.05) is 63.2 Å². The first-order valence-corrected chi connectivity index (χ1v) is 15.5. The Bertz CT molecular complexity index is 1240. The van der Waals surface area contributed by atoms with Crippen LogP contribution in [-0.4, -0.2) is 66.0 Å². The third kappa shape index (κ3) is 10.9. The third-order valence-electron chi connectivity index (χ3n) is 8.04. The second kappa shape index (κ2) is 16.7. The number of nitrogens with two attached hydrogens (primary N) is 1. The van der Waals surface area contributed by atoms with Crippen molar-refractivity contribution in [3.05, 3.63) is 65.7 Å². The van der Waals surface area contributed by atoms with Crippen LogP contribution >= 0.6 is 0 Å². The quantitative estimate of drug-likeness (QED) is 0.122. The molecule has 0 aliphatic carbocycles. The maximum Gasteiger partial charge on any atom is 0.344 e. The molecule has 2 aromatic carbocycles. The Morgan fingerprint density at radius 1 is 0.977 bits per heavy atom. The zero-order valence-electron chi connectivity index (χ0n) is 26.4. The van der Waals surface area contributed by atoms with Crippen molar-refractivity contribution in [1.29, 1.82) is 0 Å². The molecule has 1 aliphatic rings. The number of aliphatic imine (C=N–C) groups is 1. The Morgan fingerprint density at radius 2 is 1.64 bits per heavy atom. The number of carbonyl (C=O) groups excluding carboxylic acids is 3. The lowest BCUT2D eigenvalue weighted by molar-refractivity contribution is -0.133. The normalized spacial score (nSPS) is 16.0. The number of aromatic hydroxyl groups is 1. The molecule has 4 amide bonds. The van der Waals surface area contributed by atoms with E-state index >= 15 is 0 Å². The smallest absolute Gasteiger partial charge is 0.344 e. The van der Waals surface area contributed by atoms with Crippen molar-refractivity contribution in [3.8, 4) is 5.75 Å². The van der Waals surface area contributed by atoms with Crippen LogP contribution in [0, 0.1) is 11.3 Å². The molecule has 1 aliphatic heterocycles. The molecule has 0 spiro atoms. The van der Waals surface area contributed by atoms with Gasteiger partial charge in [0.05, 0.1) is 0 Å². The van der Waals surface area contributed by atoms with Crippen LogP contribution < -0.4 is 27.0 Å². The average Bonchev–Trinajstić information content (AvgIpc) is 2.99. The highest BCUT2D eigenvalue weighted by molar-refractivity contribution is 5.91. The molecule has 0 saturated carbocycles. The molecule has 2 atom stereocenters. The topological polar surface area (TPSA) is 161 Å². The predicted octanol–water partition coefficient (Wildman–Crippen LogP) is 3.41. The first kappa shape index (κ1) is 34.4. The van der Waals surface area contributed by atoms with Crippen molar-refractivity contribution < 1.29 is 19.5 Å². The van der Waals surface area contributed by atoms with E-state index in [-0.39, 0.29) is 35.5 Å². The molecule has 3 rings (SSSR count). The maximum atomic E-state index is 14.0. The van der Waals surface area contributed by atoms with E-state index in [0.717, 1.165) is 37.1 Å². The van der Waals surface area contributed by atoms with E-state index < -0.39 is 18.1 Å². The van der Waals surface area contributed by atoms with Crippen LogP contribution in [0.2, 0.25) is 0 Å². The monoisotopic (exact) mass is 607 g/mol. The van der Waals surface area contributed by atoms with Gasteiger partial charge < -0.3 is 32.1 Å². The summed E-state index contributed by atoms with van der Waals surface area (Å²) in [5.74, 6) is 0.171. The lowest BCUT2D eigenvalue weighted by Crippen LogP contribution is -2.52. The summed E-state index contributed by atoms with van der Waals surface area (Å²) < 4.78 is 0. The Morgan fingerprint density at radius 3 is 2.25 bits per heavy atom. The van der Waals surface area contributed by atoms with Crippen LogP contribution in [0.5, 0.6) is 5.75 Å². The standard InChI is InChI=1S/C33H49N7O4/c1-5-35-32(44)39-31(34)36-19-9-12-27(29(42)37-22-23-13-15-26(41)16-14-23)38-30(43)28(24-10-7-6-8-11-24)40-20-17-25(18-21-40)33(2,3)4/h6-8,10-11,13-16,25,27-28,41H,5,9,12,17-22H2,1-4H3,(H,37,42)(H,38,43)(H4,34,35,36,39,44)/t27-,28?/m1/s1. The summed E-state index contributed by atoms with van der Waals surface area (Å²) in [4.78, 5) is 45.1. The lowest BCUT2D eigenvalue weighted by atomic mass is 9.75. The van der Waals surface area contributed by atoms with Gasteiger partial charge in [-0.05, 0) is 80.3 Å². The Labute approximate surface area is 261 Å². The number of amides is 4. The van der Waals surface area contributed by atoms with E-state index in [9.17, 15) is 19.5 Å². The first-order valence-electron chi connectivity index (χ1n) is 15.5. The molecule has 11 heteroatoms. The Hall–Kier alpha value is -4.12. The summed E-state index contributed by atoms with van der Waals surface area (Å²) in [6.07, 6.45) is 2.82. The molecule has 0 radical (unpaired) electrons. The van der Waals surface area contributed by atoms with Gasteiger partial charge in [0.1, 0.15) is 17.8 Å². The minimum absolute atomic E-state index is 0.0175. The zero-order chi connectivity index (χ0) is 32.1. The molecule has 0 bridgehead atoms. The molecule has 2 aromatic rings. The fourth-order valence-electron chi connectivity index (χ4n) is 5.50. The Kier molecular flexibility index (Phi) is 13.0. The van der Waals surface area contributed by atoms with Crippen LogP contribution in [0.25, 0.3) is 0 Å². The number of phenols is 1. The van der Waals surface area contributed by atoms with Crippen molar-refractivity contribution in [2.24, 2.45) is 22.1 Å².